The molecular formula is C20H20N4O4. The number of rotatable bonds is 3. The molecule has 1 aliphatic rings. The maximum Gasteiger partial charge on any atom is 0.274 e. The van der Waals surface area contributed by atoms with E-state index in [0.29, 0.717) is 37.4 Å². The fourth-order valence-electron chi connectivity index (χ4n) is 3.32. The molecule has 0 spiro atoms. The predicted molar refractivity (Wildman–Crippen MR) is 105 cm³/mol. The first-order valence-electron chi connectivity index (χ1n) is 9.00. The number of aromatic nitrogens is 2. The number of carbonyl (C=O) groups excluding carboxylic acids is 2. The van der Waals surface area contributed by atoms with Crippen molar-refractivity contribution in [2.75, 3.05) is 31.6 Å². The van der Waals surface area contributed by atoms with Crippen LogP contribution in [0.2, 0.25) is 0 Å². The molecule has 0 aliphatic carbocycles. The van der Waals surface area contributed by atoms with Crippen molar-refractivity contribution in [2.24, 2.45) is 7.05 Å². The maximum atomic E-state index is 12.7. The monoisotopic (exact) mass is 380 g/mol. The van der Waals surface area contributed by atoms with E-state index < -0.39 is 5.91 Å². The van der Waals surface area contributed by atoms with E-state index in [1.54, 1.807) is 18.1 Å². The highest BCUT2D eigenvalue weighted by Crippen LogP contribution is 2.19. The second-order valence-electron chi connectivity index (χ2n) is 6.67. The Balaban J connectivity index is 1.64. The Kier molecular flexibility index (Phi) is 4.70. The lowest BCUT2D eigenvalue weighted by Gasteiger charge is -2.27. The van der Waals surface area contributed by atoms with Crippen LogP contribution < -0.4 is 10.9 Å². The molecule has 0 radical (unpaired) electrons. The highest BCUT2D eigenvalue weighted by molar-refractivity contribution is 6.13. The van der Waals surface area contributed by atoms with Gasteiger partial charge < -0.3 is 24.5 Å². The summed E-state index contributed by atoms with van der Waals surface area (Å²) in [5.74, 6) is -0.605. The van der Waals surface area contributed by atoms with E-state index in [4.69, 9.17) is 4.74 Å². The first kappa shape index (κ1) is 18.0. The van der Waals surface area contributed by atoms with Gasteiger partial charge in [-0.2, -0.15) is 0 Å². The van der Waals surface area contributed by atoms with Crippen LogP contribution in [0, 0.1) is 0 Å². The molecule has 3 heterocycles. The number of hydrogen-bond acceptors (Lipinski definition) is 4. The fraction of sp³-hybridized carbons (Fsp3) is 0.250. The number of H-pyrrole nitrogens is 1. The molecule has 4 rings (SSSR count). The van der Waals surface area contributed by atoms with Gasteiger partial charge in [-0.25, -0.2) is 0 Å². The van der Waals surface area contributed by atoms with Gasteiger partial charge in [0.1, 0.15) is 5.69 Å². The largest absolute Gasteiger partial charge is 0.378 e. The van der Waals surface area contributed by atoms with Crippen molar-refractivity contribution in [2.45, 2.75) is 0 Å². The quantitative estimate of drug-likeness (QED) is 0.721. The molecular weight excluding hydrogens is 360 g/mol. The first-order chi connectivity index (χ1) is 13.5. The van der Waals surface area contributed by atoms with Crippen LogP contribution >= 0.6 is 0 Å². The lowest BCUT2D eigenvalue weighted by Crippen LogP contribution is -2.41. The fourth-order valence-corrected chi connectivity index (χ4v) is 3.32. The summed E-state index contributed by atoms with van der Waals surface area (Å²) < 4.78 is 6.58. The molecule has 1 aromatic carbocycles. The number of aryl methyl sites for hydroxylation is 1. The second kappa shape index (κ2) is 7.32. The molecule has 2 amide bonds. The lowest BCUT2D eigenvalue weighted by molar-refractivity contribution is 0.0302. The average molecular weight is 380 g/mol. The molecule has 0 bridgehead atoms. The molecule has 0 unspecified atom stereocenters. The maximum absolute atomic E-state index is 12.7. The Bertz CT molecular complexity index is 1110. The Hall–Kier alpha value is -3.39. The van der Waals surface area contributed by atoms with Gasteiger partial charge in [-0.05, 0) is 12.1 Å². The van der Waals surface area contributed by atoms with E-state index in [9.17, 15) is 14.4 Å². The van der Waals surface area contributed by atoms with Crippen LogP contribution in [0.5, 0.6) is 0 Å². The summed E-state index contributed by atoms with van der Waals surface area (Å²) in [6.45, 7) is 1.97. The highest BCUT2D eigenvalue weighted by atomic mass is 16.5. The number of ether oxygens (including phenoxy) is 1. The van der Waals surface area contributed by atoms with Gasteiger partial charge in [-0.3, -0.25) is 14.4 Å². The number of aromatic amines is 1. The molecule has 8 heteroatoms. The van der Waals surface area contributed by atoms with Crippen molar-refractivity contribution in [1.29, 1.82) is 0 Å². The molecule has 1 saturated heterocycles. The summed E-state index contributed by atoms with van der Waals surface area (Å²) >= 11 is 0. The highest BCUT2D eigenvalue weighted by Gasteiger charge is 2.21. The number of nitrogens with one attached hydrogen (secondary N) is 2. The van der Waals surface area contributed by atoms with E-state index in [1.807, 2.05) is 24.3 Å². The third kappa shape index (κ3) is 3.29. The second-order valence-corrected chi connectivity index (χ2v) is 6.67. The van der Waals surface area contributed by atoms with Crippen LogP contribution in [0.15, 0.2) is 47.5 Å². The zero-order valence-corrected chi connectivity index (χ0v) is 15.4. The normalized spacial score (nSPS) is 14.2. The number of amides is 2. The van der Waals surface area contributed by atoms with Gasteiger partial charge >= 0.3 is 0 Å². The minimum Gasteiger partial charge on any atom is -0.378 e. The number of anilines is 1. The summed E-state index contributed by atoms with van der Waals surface area (Å²) in [4.78, 5) is 42.7. The number of para-hydroxylation sites is 1. The lowest BCUT2D eigenvalue weighted by atomic mass is 10.1. The van der Waals surface area contributed by atoms with Crippen molar-refractivity contribution in [3.8, 4) is 0 Å². The van der Waals surface area contributed by atoms with Gasteiger partial charge in [0.2, 0.25) is 0 Å². The van der Waals surface area contributed by atoms with Gasteiger partial charge in [0, 0.05) is 43.4 Å². The van der Waals surface area contributed by atoms with Gasteiger partial charge in [-0.1, -0.05) is 18.2 Å². The number of nitrogens with zero attached hydrogens (tertiary/aromatic N) is 2. The van der Waals surface area contributed by atoms with E-state index in [0.717, 1.165) is 10.9 Å². The predicted octanol–water partition coefficient (Wildman–Crippen LogP) is 1.59. The Labute approximate surface area is 160 Å². The number of benzene rings is 1. The van der Waals surface area contributed by atoms with Crippen LogP contribution in [0.4, 0.5) is 5.69 Å². The third-order valence-electron chi connectivity index (χ3n) is 4.81. The molecule has 3 aromatic rings. The Morgan fingerprint density at radius 1 is 1.18 bits per heavy atom. The average Bonchev–Trinajstić information content (AvgIpc) is 3.15. The first-order valence-corrected chi connectivity index (χ1v) is 9.00. The van der Waals surface area contributed by atoms with E-state index in [1.165, 1.54) is 16.8 Å². The molecule has 1 fully saturated rings. The van der Waals surface area contributed by atoms with Crippen molar-refractivity contribution in [1.82, 2.24) is 14.5 Å². The van der Waals surface area contributed by atoms with Crippen LogP contribution in [-0.4, -0.2) is 52.6 Å². The summed E-state index contributed by atoms with van der Waals surface area (Å²) in [6, 6.07) is 8.85. The van der Waals surface area contributed by atoms with Crippen molar-refractivity contribution < 1.29 is 14.3 Å². The van der Waals surface area contributed by atoms with Gasteiger partial charge in [-0.15, -0.1) is 0 Å². The zero-order valence-electron chi connectivity index (χ0n) is 15.4. The van der Waals surface area contributed by atoms with Gasteiger partial charge in [0.15, 0.2) is 0 Å². The molecule has 2 N–H and O–H groups in total. The number of carbonyl (C=O) groups is 2. The van der Waals surface area contributed by atoms with Crippen LogP contribution in [-0.2, 0) is 11.8 Å². The topological polar surface area (TPSA) is 96.4 Å². The van der Waals surface area contributed by atoms with Crippen LogP contribution in [0.1, 0.15) is 20.7 Å². The number of pyridine rings is 1. The number of morpholine rings is 1. The molecule has 28 heavy (non-hydrogen) atoms. The standard InChI is InChI=1S/C20H20N4O4/c1-23-12-13(19(26)24-6-8-28-9-7-24)10-17(20(23)27)22-18(25)15-11-21-16-5-3-2-4-14(15)16/h2-5,10-12,21H,6-9H2,1H3,(H,22,25). The van der Waals surface area contributed by atoms with Crippen molar-refractivity contribution in [3.63, 3.8) is 0 Å². The molecule has 0 saturated carbocycles. The molecule has 0 atom stereocenters. The SMILES string of the molecule is Cn1cc(C(=O)N2CCOCC2)cc(NC(=O)c2c[nH]c3ccccc23)c1=O. The molecule has 1 aliphatic heterocycles. The molecule has 144 valence electrons. The van der Waals surface area contributed by atoms with Crippen molar-refractivity contribution >= 4 is 28.4 Å². The number of fused-ring (bicyclic) bond motifs is 1. The Morgan fingerprint density at radius 3 is 2.71 bits per heavy atom. The third-order valence-corrected chi connectivity index (χ3v) is 4.81. The minimum atomic E-state index is -0.412. The van der Waals surface area contributed by atoms with Gasteiger partial charge in [0.25, 0.3) is 17.4 Å². The number of hydrogen-bond donors (Lipinski definition) is 2. The Morgan fingerprint density at radius 2 is 1.93 bits per heavy atom. The smallest absolute Gasteiger partial charge is 0.274 e. The summed E-state index contributed by atoms with van der Waals surface area (Å²) in [6.07, 6.45) is 3.09. The van der Waals surface area contributed by atoms with Gasteiger partial charge in [0.05, 0.1) is 24.3 Å². The summed E-state index contributed by atoms with van der Waals surface area (Å²) in [7, 11) is 1.56. The summed E-state index contributed by atoms with van der Waals surface area (Å²) in [5, 5.41) is 3.42. The van der Waals surface area contributed by atoms with Crippen LogP contribution in [0.25, 0.3) is 10.9 Å². The summed E-state index contributed by atoms with van der Waals surface area (Å²) in [5.41, 5.74) is 1.29. The molecule has 8 nitrogen and oxygen atoms in total. The van der Waals surface area contributed by atoms with Crippen LogP contribution in [0.3, 0.4) is 0 Å². The van der Waals surface area contributed by atoms with E-state index >= 15 is 0 Å². The van der Waals surface area contributed by atoms with E-state index in [-0.39, 0.29) is 17.2 Å². The van der Waals surface area contributed by atoms with Crippen molar-refractivity contribution in [3.05, 3.63) is 64.2 Å². The minimum absolute atomic E-state index is 0.0666. The molecule has 2 aromatic heterocycles. The zero-order chi connectivity index (χ0) is 19.7. The van der Waals surface area contributed by atoms with E-state index in [2.05, 4.69) is 10.3 Å².